The van der Waals surface area contributed by atoms with E-state index in [-0.39, 0.29) is 0 Å². The highest BCUT2D eigenvalue weighted by Gasteiger charge is 2.08. The normalized spacial score (nSPS) is 14.1. The fraction of sp³-hybridized carbons (Fsp3) is 0.538. The number of unbranched alkanes of at least 4 members (excludes halogenated alkanes) is 1. The first-order valence-corrected chi connectivity index (χ1v) is 6.49. The van der Waals surface area contributed by atoms with Crippen molar-refractivity contribution in [1.82, 2.24) is 0 Å². The van der Waals surface area contributed by atoms with Gasteiger partial charge in [0, 0.05) is 24.2 Å². The summed E-state index contributed by atoms with van der Waals surface area (Å²) in [5.41, 5.74) is 2.64. The summed E-state index contributed by atoms with van der Waals surface area (Å²) in [5.74, 6) is 1.68. The molecule has 2 rings (SSSR count). The minimum absolute atomic E-state index is 0.717. The van der Waals surface area contributed by atoms with E-state index >= 15 is 0 Å². The van der Waals surface area contributed by atoms with Crippen molar-refractivity contribution >= 4 is 17.3 Å². The summed E-state index contributed by atoms with van der Waals surface area (Å²) in [7, 11) is 0. The molecule has 0 radical (unpaired) electrons. The Morgan fingerprint density at radius 2 is 2.25 bits per heavy atom. The summed E-state index contributed by atoms with van der Waals surface area (Å²) in [5, 5.41) is 3.40. The van der Waals surface area contributed by atoms with Gasteiger partial charge < -0.3 is 10.1 Å². The Bertz CT molecular complexity index is 341. The van der Waals surface area contributed by atoms with E-state index in [9.17, 15) is 0 Å². The largest absolute Gasteiger partial charge is 0.494 e. The van der Waals surface area contributed by atoms with Crippen molar-refractivity contribution in [3.63, 3.8) is 0 Å². The molecule has 1 aromatic carbocycles. The molecule has 1 N–H and O–H groups in total. The second-order valence-electron chi connectivity index (χ2n) is 4.09. The van der Waals surface area contributed by atoms with Crippen LogP contribution in [0.4, 0.5) is 5.69 Å². The van der Waals surface area contributed by atoms with Gasteiger partial charge in [0.2, 0.25) is 0 Å². The van der Waals surface area contributed by atoms with Crippen LogP contribution in [0.15, 0.2) is 18.2 Å². The Morgan fingerprint density at radius 3 is 3.12 bits per heavy atom. The summed E-state index contributed by atoms with van der Waals surface area (Å²) in [4.78, 5) is 0. The molecule has 3 heteroatoms. The van der Waals surface area contributed by atoms with Crippen molar-refractivity contribution in [3.8, 4) is 5.75 Å². The molecule has 0 saturated heterocycles. The summed E-state index contributed by atoms with van der Waals surface area (Å²) in [6.07, 6.45) is 4.44. The third kappa shape index (κ3) is 3.05. The lowest BCUT2D eigenvalue weighted by Crippen LogP contribution is -2.11. The van der Waals surface area contributed by atoms with Crippen molar-refractivity contribution in [2.75, 3.05) is 24.3 Å². The Morgan fingerprint density at radius 1 is 1.31 bits per heavy atom. The zero-order valence-corrected chi connectivity index (χ0v) is 10.2. The molecule has 0 aliphatic carbocycles. The van der Waals surface area contributed by atoms with Crippen molar-refractivity contribution < 1.29 is 4.74 Å². The van der Waals surface area contributed by atoms with Gasteiger partial charge in [0.25, 0.3) is 0 Å². The van der Waals surface area contributed by atoms with Crippen molar-refractivity contribution in [3.05, 3.63) is 23.8 Å². The SMILES string of the molecule is ClCCCCOc1ccc2c(c1)NCCC2. The van der Waals surface area contributed by atoms with Gasteiger partial charge in [-0.2, -0.15) is 0 Å². The predicted octanol–water partition coefficient (Wildman–Crippen LogP) is 3.44. The Hall–Kier alpha value is -0.890. The highest BCUT2D eigenvalue weighted by Crippen LogP contribution is 2.26. The summed E-state index contributed by atoms with van der Waals surface area (Å²) in [6, 6.07) is 6.33. The molecule has 1 aromatic rings. The van der Waals surface area contributed by atoms with Gasteiger partial charge in [0.15, 0.2) is 0 Å². The molecule has 0 atom stereocenters. The first kappa shape index (κ1) is 11.6. The highest BCUT2D eigenvalue weighted by atomic mass is 35.5. The fourth-order valence-corrected chi connectivity index (χ4v) is 2.11. The maximum atomic E-state index is 5.68. The summed E-state index contributed by atoms with van der Waals surface area (Å²) >= 11 is 5.61. The Labute approximate surface area is 102 Å². The molecule has 0 spiro atoms. The topological polar surface area (TPSA) is 21.3 Å². The zero-order chi connectivity index (χ0) is 11.2. The molecule has 1 heterocycles. The number of benzene rings is 1. The van der Waals surface area contributed by atoms with Gasteiger partial charge in [-0.3, -0.25) is 0 Å². The third-order valence-corrected chi connectivity index (χ3v) is 3.08. The molecule has 0 amide bonds. The first-order chi connectivity index (χ1) is 7.90. The van der Waals surface area contributed by atoms with Crippen LogP contribution in [0.5, 0.6) is 5.75 Å². The molecule has 0 aromatic heterocycles. The quantitative estimate of drug-likeness (QED) is 0.628. The number of anilines is 1. The van der Waals surface area contributed by atoms with E-state index in [0.29, 0.717) is 0 Å². The number of nitrogens with one attached hydrogen (secondary N) is 1. The van der Waals surface area contributed by atoms with Crippen LogP contribution in [0.2, 0.25) is 0 Å². The average molecular weight is 240 g/mol. The third-order valence-electron chi connectivity index (χ3n) is 2.82. The molecule has 1 aliphatic heterocycles. The lowest BCUT2D eigenvalue weighted by atomic mass is 10.0. The molecule has 16 heavy (non-hydrogen) atoms. The van der Waals surface area contributed by atoms with Crippen LogP contribution in [-0.4, -0.2) is 19.0 Å². The van der Waals surface area contributed by atoms with Gasteiger partial charge in [-0.25, -0.2) is 0 Å². The van der Waals surface area contributed by atoms with E-state index < -0.39 is 0 Å². The van der Waals surface area contributed by atoms with Crippen LogP contribution in [0.3, 0.4) is 0 Å². The molecule has 0 unspecified atom stereocenters. The molecule has 1 aliphatic rings. The average Bonchev–Trinajstić information content (AvgIpc) is 2.34. The van der Waals surface area contributed by atoms with E-state index in [1.54, 1.807) is 0 Å². The smallest absolute Gasteiger partial charge is 0.121 e. The second-order valence-corrected chi connectivity index (χ2v) is 4.47. The van der Waals surface area contributed by atoms with E-state index in [4.69, 9.17) is 16.3 Å². The van der Waals surface area contributed by atoms with E-state index in [2.05, 4.69) is 23.5 Å². The minimum atomic E-state index is 0.717. The lowest BCUT2D eigenvalue weighted by Gasteiger charge is -2.18. The number of ether oxygens (including phenoxy) is 1. The highest BCUT2D eigenvalue weighted by molar-refractivity contribution is 6.17. The minimum Gasteiger partial charge on any atom is -0.494 e. The van der Waals surface area contributed by atoms with E-state index in [1.807, 2.05) is 0 Å². The predicted molar refractivity (Wildman–Crippen MR) is 68.7 cm³/mol. The van der Waals surface area contributed by atoms with Crippen LogP contribution < -0.4 is 10.1 Å². The molecular weight excluding hydrogens is 222 g/mol. The van der Waals surface area contributed by atoms with E-state index in [0.717, 1.165) is 37.6 Å². The number of hydrogen-bond acceptors (Lipinski definition) is 2. The molecular formula is C13H18ClNO. The number of fused-ring (bicyclic) bond motifs is 1. The second kappa shape index (κ2) is 6.00. The van der Waals surface area contributed by atoms with Gasteiger partial charge in [-0.1, -0.05) is 6.07 Å². The number of aryl methyl sites for hydroxylation is 1. The Balaban J connectivity index is 1.90. The van der Waals surface area contributed by atoms with Gasteiger partial charge >= 0.3 is 0 Å². The van der Waals surface area contributed by atoms with Crippen molar-refractivity contribution in [2.24, 2.45) is 0 Å². The maximum Gasteiger partial charge on any atom is 0.121 e. The summed E-state index contributed by atoms with van der Waals surface area (Å²) in [6.45, 7) is 1.83. The van der Waals surface area contributed by atoms with Crippen LogP contribution in [0, 0.1) is 0 Å². The molecule has 0 fully saturated rings. The zero-order valence-electron chi connectivity index (χ0n) is 9.47. The standard InChI is InChI=1S/C13H18ClNO/c14-7-1-2-9-16-12-6-5-11-4-3-8-15-13(11)10-12/h5-6,10,15H,1-4,7-9H2. The maximum absolute atomic E-state index is 5.68. The van der Waals surface area contributed by atoms with Crippen LogP contribution in [0.1, 0.15) is 24.8 Å². The molecule has 2 nitrogen and oxygen atoms in total. The fourth-order valence-electron chi connectivity index (χ4n) is 1.92. The number of alkyl halides is 1. The number of rotatable bonds is 5. The number of halogens is 1. The van der Waals surface area contributed by atoms with E-state index in [1.165, 1.54) is 24.1 Å². The van der Waals surface area contributed by atoms with Crippen molar-refractivity contribution in [1.29, 1.82) is 0 Å². The molecule has 88 valence electrons. The van der Waals surface area contributed by atoms with Crippen molar-refractivity contribution in [2.45, 2.75) is 25.7 Å². The number of hydrogen-bond donors (Lipinski definition) is 1. The van der Waals surface area contributed by atoms with Crippen LogP contribution in [0.25, 0.3) is 0 Å². The van der Waals surface area contributed by atoms with Gasteiger partial charge in [-0.15, -0.1) is 11.6 Å². The van der Waals surface area contributed by atoms with Crippen LogP contribution in [-0.2, 0) is 6.42 Å². The van der Waals surface area contributed by atoms with Gasteiger partial charge in [-0.05, 0) is 37.3 Å². The molecule has 0 saturated carbocycles. The lowest BCUT2D eigenvalue weighted by molar-refractivity contribution is 0.309. The van der Waals surface area contributed by atoms with Crippen LogP contribution >= 0.6 is 11.6 Å². The van der Waals surface area contributed by atoms with Gasteiger partial charge in [0.1, 0.15) is 5.75 Å². The van der Waals surface area contributed by atoms with Gasteiger partial charge in [0.05, 0.1) is 6.61 Å². The molecule has 0 bridgehead atoms. The Kier molecular flexibility index (Phi) is 4.34. The summed E-state index contributed by atoms with van der Waals surface area (Å²) < 4.78 is 5.68. The monoisotopic (exact) mass is 239 g/mol. The first-order valence-electron chi connectivity index (χ1n) is 5.96.